The third kappa shape index (κ3) is 2.20. The molecule has 2 saturated heterocycles. The highest BCUT2D eigenvalue weighted by molar-refractivity contribution is 6.07. The van der Waals surface area contributed by atoms with Crippen LogP contribution in [0.5, 0.6) is 0 Å². The molecule has 6 heteroatoms. The molecule has 2 unspecified atom stereocenters. The van der Waals surface area contributed by atoms with Crippen molar-refractivity contribution < 1.29 is 10.0 Å². The normalized spacial score (nSPS) is 40.8. The molecule has 21 heavy (non-hydrogen) atoms. The summed E-state index contributed by atoms with van der Waals surface area (Å²) >= 11 is 0. The first kappa shape index (κ1) is 14.6. The fourth-order valence-electron chi connectivity index (χ4n) is 4.46. The second kappa shape index (κ2) is 5.16. The summed E-state index contributed by atoms with van der Waals surface area (Å²) in [5, 5.41) is 12.2. The van der Waals surface area contributed by atoms with E-state index in [1.165, 1.54) is 12.8 Å². The Kier molecular flexibility index (Phi) is 3.59. The molecule has 2 heterocycles. The first-order valence-corrected chi connectivity index (χ1v) is 8.01. The van der Waals surface area contributed by atoms with Gasteiger partial charge in [-0.15, -0.1) is 0 Å². The third-order valence-corrected chi connectivity index (χ3v) is 5.60. The van der Waals surface area contributed by atoms with E-state index in [0.29, 0.717) is 24.8 Å². The lowest BCUT2D eigenvalue weighted by molar-refractivity contribution is -0.150. The molecule has 0 aromatic heterocycles. The average molecular weight is 294 g/mol. The molecule has 1 saturated carbocycles. The zero-order valence-electron chi connectivity index (χ0n) is 13.0. The van der Waals surface area contributed by atoms with E-state index < -0.39 is 5.41 Å². The molecule has 118 valence electrons. The summed E-state index contributed by atoms with van der Waals surface area (Å²) < 4.78 is 0. The number of nitrogens with two attached hydrogens (primary N) is 1. The van der Waals surface area contributed by atoms with E-state index >= 15 is 0 Å². The lowest BCUT2D eigenvalue weighted by atomic mass is 9.61. The molecule has 0 aromatic carbocycles. The Morgan fingerprint density at radius 2 is 2.05 bits per heavy atom. The molecular formula is C15H26N4O2. The molecule has 1 amide bonds. The number of piperazine rings is 1. The number of rotatable bonds is 2. The summed E-state index contributed by atoms with van der Waals surface area (Å²) in [4.78, 5) is 17.6. The molecule has 6 nitrogen and oxygen atoms in total. The summed E-state index contributed by atoms with van der Waals surface area (Å²) in [5.41, 5.74) is 5.12. The van der Waals surface area contributed by atoms with Crippen molar-refractivity contribution in [3.05, 3.63) is 0 Å². The van der Waals surface area contributed by atoms with Gasteiger partial charge >= 0.3 is 0 Å². The molecule has 3 N–H and O–H groups in total. The van der Waals surface area contributed by atoms with Crippen LogP contribution in [0.3, 0.4) is 0 Å². The highest BCUT2D eigenvalue weighted by Gasteiger charge is 2.55. The largest absolute Gasteiger partial charge is 0.409 e. The predicted octanol–water partition coefficient (Wildman–Crippen LogP) is 0.844. The molecule has 0 radical (unpaired) electrons. The van der Waals surface area contributed by atoms with Crippen LogP contribution in [-0.2, 0) is 4.79 Å². The second-order valence-electron chi connectivity index (χ2n) is 7.18. The molecule has 0 aromatic rings. The van der Waals surface area contributed by atoms with Crippen LogP contribution in [0.1, 0.15) is 39.5 Å². The molecule has 0 spiro atoms. The van der Waals surface area contributed by atoms with Crippen molar-refractivity contribution in [3.8, 4) is 0 Å². The topological polar surface area (TPSA) is 82.2 Å². The Bertz CT molecular complexity index is 459. The zero-order chi connectivity index (χ0) is 15.2. The predicted molar refractivity (Wildman–Crippen MR) is 80.0 cm³/mol. The van der Waals surface area contributed by atoms with Crippen molar-refractivity contribution in [3.63, 3.8) is 0 Å². The first-order valence-electron chi connectivity index (χ1n) is 8.01. The maximum absolute atomic E-state index is 13.1. The highest BCUT2D eigenvalue weighted by Crippen LogP contribution is 2.47. The van der Waals surface area contributed by atoms with Crippen molar-refractivity contribution in [2.75, 3.05) is 19.6 Å². The number of oxime groups is 1. The maximum Gasteiger partial charge on any atom is 0.236 e. The molecule has 2 atom stereocenters. The fourth-order valence-corrected chi connectivity index (χ4v) is 4.46. The minimum Gasteiger partial charge on any atom is -0.409 e. The number of hydrogen-bond acceptors (Lipinski definition) is 4. The number of carbonyl (C=O) groups is 1. The van der Waals surface area contributed by atoms with Crippen molar-refractivity contribution in [2.24, 2.45) is 22.2 Å². The van der Waals surface area contributed by atoms with Crippen molar-refractivity contribution in [1.29, 1.82) is 0 Å². The average Bonchev–Trinajstić information content (AvgIpc) is 2.88. The lowest BCUT2D eigenvalue weighted by Crippen LogP contribution is -2.64. The van der Waals surface area contributed by atoms with Gasteiger partial charge in [0.05, 0.1) is 0 Å². The van der Waals surface area contributed by atoms with Gasteiger partial charge < -0.3 is 15.8 Å². The number of amides is 1. The maximum atomic E-state index is 13.1. The van der Waals surface area contributed by atoms with Crippen molar-refractivity contribution >= 4 is 11.7 Å². The highest BCUT2D eigenvalue weighted by atomic mass is 16.4. The van der Waals surface area contributed by atoms with E-state index in [1.54, 1.807) is 0 Å². The van der Waals surface area contributed by atoms with Gasteiger partial charge in [-0.1, -0.05) is 12.1 Å². The number of nitrogens with zero attached hydrogens (tertiary/aromatic N) is 3. The SMILES string of the molecule is CC1CC(C(=O)N2CC3CCCN3CC2C)(C(N)=NO)C1. The third-order valence-electron chi connectivity index (χ3n) is 5.60. The van der Waals surface area contributed by atoms with Crippen LogP contribution < -0.4 is 5.73 Å². The Morgan fingerprint density at radius 1 is 1.33 bits per heavy atom. The molecule has 2 aliphatic heterocycles. The van der Waals surface area contributed by atoms with Gasteiger partial charge in [0.15, 0.2) is 5.84 Å². The van der Waals surface area contributed by atoms with Crippen LogP contribution in [0.4, 0.5) is 0 Å². The van der Waals surface area contributed by atoms with Crippen LogP contribution in [0.25, 0.3) is 0 Å². The van der Waals surface area contributed by atoms with Crippen LogP contribution >= 0.6 is 0 Å². The Balaban J connectivity index is 1.80. The monoisotopic (exact) mass is 294 g/mol. The van der Waals surface area contributed by atoms with Crippen LogP contribution in [0.15, 0.2) is 5.16 Å². The summed E-state index contributed by atoms with van der Waals surface area (Å²) in [6, 6.07) is 0.693. The van der Waals surface area contributed by atoms with Gasteiger partial charge in [0, 0.05) is 25.2 Å². The van der Waals surface area contributed by atoms with Gasteiger partial charge in [0.1, 0.15) is 5.41 Å². The van der Waals surface area contributed by atoms with E-state index in [0.717, 1.165) is 19.6 Å². The van der Waals surface area contributed by atoms with E-state index in [4.69, 9.17) is 10.9 Å². The van der Waals surface area contributed by atoms with Crippen LogP contribution in [0.2, 0.25) is 0 Å². The zero-order valence-corrected chi connectivity index (χ0v) is 13.0. The van der Waals surface area contributed by atoms with Gasteiger partial charge in [-0.3, -0.25) is 9.69 Å². The number of fused-ring (bicyclic) bond motifs is 1. The first-order chi connectivity index (χ1) is 9.98. The van der Waals surface area contributed by atoms with E-state index in [1.807, 2.05) is 4.90 Å². The molecule has 3 fully saturated rings. The molecule has 0 bridgehead atoms. The van der Waals surface area contributed by atoms with E-state index in [-0.39, 0.29) is 17.8 Å². The van der Waals surface area contributed by atoms with E-state index in [2.05, 4.69) is 23.9 Å². The Morgan fingerprint density at radius 3 is 2.67 bits per heavy atom. The molecule has 1 aliphatic carbocycles. The van der Waals surface area contributed by atoms with Gasteiger partial charge in [0.25, 0.3) is 0 Å². The van der Waals surface area contributed by atoms with Gasteiger partial charge in [-0.05, 0) is 45.1 Å². The second-order valence-corrected chi connectivity index (χ2v) is 7.18. The number of hydrogen-bond donors (Lipinski definition) is 2. The minimum absolute atomic E-state index is 0.0648. The van der Waals surface area contributed by atoms with Crippen LogP contribution in [-0.4, -0.2) is 58.5 Å². The van der Waals surface area contributed by atoms with E-state index in [9.17, 15) is 4.79 Å². The summed E-state index contributed by atoms with van der Waals surface area (Å²) in [6.07, 6.45) is 3.78. The molecule has 3 rings (SSSR count). The molecular weight excluding hydrogens is 268 g/mol. The number of carbonyl (C=O) groups excluding carboxylic acids is 1. The van der Waals surface area contributed by atoms with Gasteiger partial charge in [0.2, 0.25) is 5.91 Å². The van der Waals surface area contributed by atoms with Gasteiger partial charge in [-0.2, -0.15) is 0 Å². The fraction of sp³-hybridized carbons (Fsp3) is 0.867. The quantitative estimate of drug-likeness (QED) is 0.342. The Labute approximate surface area is 125 Å². The summed E-state index contributed by atoms with van der Waals surface area (Å²) in [6.45, 7) is 7.09. The van der Waals surface area contributed by atoms with Crippen LogP contribution in [0, 0.1) is 11.3 Å². The molecule has 3 aliphatic rings. The Hall–Kier alpha value is -1.30. The summed E-state index contributed by atoms with van der Waals surface area (Å²) in [7, 11) is 0. The van der Waals surface area contributed by atoms with Gasteiger partial charge in [-0.25, -0.2) is 0 Å². The summed E-state index contributed by atoms with van der Waals surface area (Å²) in [5.74, 6) is 0.610. The number of amidine groups is 1. The van der Waals surface area contributed by atoms with Crippen molar-refractivity contribution in [1.82, 2.24) is 9.80 Å². The minimum atomic E-state index is -0.761. The standard InChI is InChI=1S/C15H26N4O2/c1-10-6-15(7-10,13(16)17-21)14(20)19-9-12-4-3-5-18(12)8-11(19)2/h10-12,21H,3-9H2,1-2H3,(H2,16,17). The van der Waals surface area contributed by atoms with Crippen molar-refractivity contribution in [2.45, 2.75) is 51.6 Å². The lowest BCUT2D eigenvalue weighted by Gasteiger charge is -2.50. The smallest absolute Gasteiger partial charge is 0.236 e.